The fourth-order valence-electron chi connectivity index (χ4n) is 5.33. The molecule has 3 aromatic carbocycles. The summed E-state index contributed by atoms with van der Waals surface area (Å²) >= 11 is 0. The van der Waals surface area contributed by atoms with Crippen molar-refractivity contribution in [1.82, 2.24) is 4.72 Å². The Kier molecular flexibility index (Phi) is 7.84. The van der Waals surface area contributed by atoms with E-state index in [4.69, 9.17) is 0 Å². The smallest absolute Gasteiger partial charge is 0.243 e. The minimum Gasteiger partial charge on any atom is -0.367 e. The van der Waals surface area contributed by atoms with Crippen molar-refractivity contribution >= 4 is 37.1 Å². The van der Waals surface area contributed by atoms with E-state index in [1.165, 1.54) is 19.1 Å². The Morgan fingerprint density at radius 1 is 0.872 bits per heavy atom. The first-order valence-electron chi connectivity index (χ1n) is 13.2. The molecular formula is C28H33FN4O4S2. The van der Waals surface area contributed by atoms with E-state index in [-0.39, 0.29) is 28.2 Å². The van der Waals surface area contributed by atoms with Gasteiger partial charge >= 0.3 is 0 Å². The van der Waals surface area contributed by atoms with Crippen molar-refractivity contribution in [3.05, 3.63) is 83.7 Å². The van der Waals surface area contributed by atoms with Crippen LogP contribution in [0.1, 0.15) is 36.9 Å². The second kappa shape index (κ2) is 11.1. The summed E-state index contributed by atoms with van der Waals surface area (Å²) in [6.45, 7) is 3.49. The zero-order chi connectivity index (χ0) is 27.6. The first-order chi connectivity index (χ1) is 18.7. The maximum absolute atomic E-state index is 14.4. The summed E-state index contributed by atoms with van der Waals surface area (Å²) in [4.78, 5) is 3.92. The highest BCUT2D eigenvalue weighted by molar-refractivity contribution is 7.92. The van der Waals surface area contributed by atoms with Crippen molar-refractivity contribution < 1.29 is 21.2 Å². The number of anilines is 3. The molecule has 39 heavy (non-hydrogen) atoms. The Morgan fingerprint density at radius 2 is 1.54 bits per heavy atom. The van der Waals surface area contributed by atoms with Crippen LogP contribution in [-0.2, 0) is 26.5 Å². The molecule has 1 heterocycles. The largest absolute Gasteiger partial charge is 0.367 e. The number of hydrogen-bond acceptors (Lipinski definition) is 6. The van der Waals surface area contributed by atoms with Crippen molar-refractivity contribution in [3.8, 4) is 0 Å². The molecule has 1 fully saturated rings. The summed E-state index contributed by atoms with van der Waals surface area (Å²) in [7, 11) is -7.64. The van der Waals surface area contributed by atoms with Crippen molar-refractivity contribution in [2.75, 3.05) is 46.5 Å². The van der Waals surface area contributed by atoms with Crippen LogP contribution in [0.5, 0.6) is 0 Å². The van der Waals surface area contributed by atoms with Crippen LogP contribution in [0.2, 0.25) is 0 Å². The van der Waals surface area contributed by atoms with Gasteiger partial charge in [-0.05, 0) is 67.6 Å². The van der Waals surface area contributed by atoms with E-state index in [1.54, 1.807) is 30.3 Å². The zero-order valence-electron chi connectivity index (χ0n) is 21.8. The number of nitrogens with zero attached hydrogens (tertiary/aromatic N) is 2. The van der Waals surface area contributed by atoms with Crippen LogP contribution in [-0.4, -0.2) is 48.8 Å². The maximum Gasteiger partial charge on any atom is 0.243 e. The van der Waals surface area contributed by atoms with Crippen LogP contribution < -0.4 is 19.2 Å². The van der Waals surface area contributed by atoms with Crippen molar-refractivity contribution in [2.45, 2.75) is 37.1 Å². The predicted octanol–water partition coefficient (Wildman–Crippen LogP) is 4.27. The highest BCUT2D eigenvalue weighted by atomic mass is 32.2. The number of sulfonamides is 2. The number of hydrogen-bond donors (Lipinski definition) is 2. The molecule has 208 valence electrons. The molecule has 0 spiro atoms. The lowest BCUT2D eigenvalue weighted by atomic mass is 9.88. The summed E-state index contributed by atoms with van der Waals surface area (Å²) in [6.07, 6.45) is 2.45. The summed E-state index contributed by atoms with van der Waals surface area (Å²) in [5.41, 5.74) is 3.29. The van der Waals surface area contributed by atoms with Crippen molar-refractivity contribution in [1.29, 1.82) is 0 Å². The summed E-state index contributed by atoms with van der Waals surface area (Å²) in [6, 6.07) is 18.7. The molecule has 2 N–H and O–H groups in total. The van der Waals surface area contributed by atoms with Gasteiger partial charge in [0.25, 0.3) is 0 Å². The van der Waals surface area contributed by atoms with Gasteiger partial charge in [-0.25, -0.2) is 25.9 Å². The van der Waals surface area contributed by atoms with Crippen molar-refractivity contribution in [3.63, 3.8) is 0 Å². The summed E-state index contributed by atoms with van der Waals surface area (Å²) < 4.78 is 72.1. The highest BCUT2D eigenvalue weighted by Gasteiger charge is 2.30. The van der Waals surface area contributed by atoms with E-state index in [2.05, 4.69) is 9.44 Å². The summed E-state index contributed by atoms with van der Waals surface area (Å²) in [5, 5.41) is 0. The molecule has 3 aromatic rings. The molecule has 1 aliphatic heterocycles. The van der Waals surface area contributed by atoms with Crippen LogP contribution in [0.15, 0.2) is 71.6 Å². The zero-order valence-corrected chi connectivity index (χ0v) is 23.4. The molecule has 0 radical (unpaired) electrons. The van der Waals surface area contributed by atoms with Crippen LogP contribution in [0.4, 0.5) is 21.5 Å². The third-order valence-electron chi connectivity index (χ3n) is 7.38. The van der Waals surface area contributed by atoms with Gasteiger partial charge in [0.15, 0.2) is 0 Å². The van der Waals surface area contributed by atoms with E-state index in [0.29, 0.717) is 44.0 Å². The lowest BCUT2D eigenvalue weighted by Gasteiger charge is -2.38. The molecule has 1 saturated heterocycles. The molecule has 0 saturated carbocycles. The van der Waals surface area contributed by atoms with Crippen molar-refractivity contribution in [2.24, 2.45) is 0 Å². The lowest BCUT2D eigenvalue weighted by molar-refractivity contribution is 0.507. The van der Waals surface area contributed by atoms with Gasteiger partial charge in [-0.1, -0.05) is 36.4 Å². The molecule has 0 unspecified atom stereocenters. The van der Waals surface area contributed by atoms with E-state index < -0.39 is 20.0 Å². The van der Waals surface area contributed by atoms with Crippen LogP contribution >= 0.6 is 0 Å². The third-order valence-corrected chi connectivity index (χ3v) is 10.2. The standard InChI is InChI=1S/C28H33FN4O4S2/c1-2-38(34,35)30-22-14-15-27(33-18-16-32(17-19-33)26-13-6-5-11-24(26)29)28(20-22)39(36,37)31-25-12-7-9-21-8-3-4-10-23(21)25/h3-6,8,10-11,13-15,20,25,30-31H,2,7,9,12,16-19H2,1H3/t25-/m1/s1. The molecule has 0 bridgehead atoms. The van der Waals surface area contributed by atoms with Gasteiger partial charge in [-0.3, -0.25) is 4.72 Å². The monoisotopic (exact) mass is 572 g/mol. The lowest BCUT2D eigenvalue weighted by Crippen LogP contribution is -2.47. The maximum atomic E-state index is 14.4. The number of fused-ring (bicyclic) bond motifs is 1. The molecular weight excluding hydrogens is 539 g/mol. The number of para-hydroxylation sites is 1. The molecule has 2 aliphatic rings. The second-order valence-corrected chi connectivity index (χ2v) is 13.6. The average molecular weight is 573 g/mol. The SMILES string of the molecule is CCS(=O)(=O)Nc1ccc(N2CCN(c3ccccc3F)CC2)c(S(=O)(=O)N[C@@H]2CCCc3ccccc32)c1. The number of benzene rings is 3. The van der Waals surface area contributed by atoms with Crippen LogP contribution in [0, 0.1) is 5.82 Å². The van der Waals surface area contributed by atoms with E-state index >= 15 is 0 Å². The summed E-state index contributed by atoms with van der Waals surface area (Å²) in [5.74, 6) is -0.426. The number of rotatable bonds is 8. The Balaban J connectivity index is 1.46. The van der Waals surface area contributed by atoms with E-state index in [1.807, 2.05) is 34.1 Å². The molecule has 5 rings (SSSR count). The minimum atomic E-state index is -4.04. The Labute approximate surface area is 229 Å². The molecule has 0 amide bonds. The van der Waals surface area contributed by atoms with Gasteiger partial charge in [0.1, 0.15) is 10.7 Å². The topological polar surface area (TPSA) is 98.8 Å². The predicted molar refractivity (Wildman–Crippen MR) is 153 cm³/mol. The minimum absolute atomic E-state index is 0.0150. The van der Waals surface area contributed by atoms with Gasteiger partial charge in [0, 0.05) is 37.9 Å². The van der Waals surface area contributed by atoms with Gasteiger partial charge in [0.05, 0.1) is 17.1 Å². The number of aryl methyl sites for hydroxylation is 1. The quantitative estimate of drug-likeness (QED) is 0.418. The van der Waals surface area contributed by atoms with Crippen LogP contribution in [0.3, 0.4) is 0 Å². The van der Waals surface area contributed by atoms with Gasteiger partial charge < -0.3 is 9.80 Å². The molecule has 0 aromatic heterocycles. The third kappa shape index (κ3) is 6.05. The first kappa shape index (κ1) is 27.4. The number of nitrogens with one attached hydrogen (secondary N) is 2. The fourth-order valence-corrected chi connectivity index (χ4v) is 7.46. The second-order valence-electron chi connectivity index (χ2n) is 9.88. The molecule has 8 nitrogen and oxygen atoms in total. The normalized spacial score (nSPS) is 18.1. The number of halogens is 1. The molecule has 11 heteroatoms. The van der Waals surface area contributed by atoms with E-state index in [0.717, 1.165) is 24.0 Å². The van der Waals surface area contributed by atoms with Gasteiger partial charge in [-0.2, -0.15) is 0 Å². The fraction of sp³-hybridized carbons (Fsp3) is 0.357. The Bertz CT molecular complexity index is 1560. The van der Waals surface area contributed by atoms with E-state index in [9.17, 15) is 21.2 Å². The average Bonchev–Trinajstić information content (AvgIpc) is 2.93. The van der Waals surface area contributed by atoms with Gasteiger partial charge in [-0.15, -0.1) is 0 Å². The Morgan fingerprint density at radius 3 is 2.26 bits per heavy atom. The first-order valence-corrected chi connectivity index (χ1v) is 16.3. The van der Waals surface area contributed by atoms with Gasteiger partial charge in [0.2, 0.25) is 20.0 Å². The Hall–Kier alpha value is -3.15. The highest BCUT2D eigenvalue weighted by Crippen LogP contribution is 2.35. The molecule has 1 aliphatic carbocycles. The molecule has 1 atom stereocenters. The number of piperazine rings is 1. The van der Waals surface area contributed by atoms with Crippen LogP contribution in [0.25, 0.3) is 0 Å².